The third-order valence-corrected chi connectivity index (χ3v) is 18.9. The van der Waals surface area contributed by atoms with Crippen molar-refractivity contribution in [3.63, 3.8) is 0 Å². The van der Waals surface area contributed by atoms with Crippen molar-refractivity contribution in [2.24, 2.45) is 50.2 Å². The smallest absolute Gasteiger partial charge is 0.331 e. The maximum absolute atomic E-state index is 15.2. The molecule has 75 heavy (non-hydrogen) atoms. The van der Waals surface area contributed by atoms with Gasteiger partial charge in [0, 0.05) is 45.1 Å². The number of fused-ring (bicyclic) bond motifs is 7. The van der Waals surface area contributed by atoms with Crippen molar-refractivity contribution in [1.82, 2.24) is 15.0 Å². The minimum atomic E-state index is -1.41. The molecule has 18 nitrogen and oxygen atoms in total. The third kappa shape index (κ3) is 10.3. The minimum absolute atomic E-state index is 0.0456. The van der Waals surface area contributed by atoms with Gasteiger partial charge >= 0.3 is 35.8 Å². The number of allylic oxidation sites excluding steroid dienone is 2. The van der Waals surface area contributed by atoms with E-state index >= 15 is 4.79 Å². The highest BCUT2D eigenvalue weighted by Crippen LogP contribution is 2.75. The van der Waals surface area contributed by atoms with Crippen molar-refractivity contribution in [2.75, 3.05) is 13.7 Å². The highest BCUT2D eigenvalue weighted by Gasteiger charge is 2.71. The molecular formula is C57H75N3O15. The van der Waals surface area contributed by atoms with Gasteiger partial charge in [0.05, 0.1) is 18.7 Å². The molecule has 1 aromatic carbocycles. The number of hydrogen-bond donors (Lipinski definition) is 0. The van der Waals surface area contributed by atoms with Gasteiger partial charge in [-0.2, -0.15) is 0 Å². The Morgan fingerprint density at radius 3 is 2.07 bits per heavy atom. The quantitative estimate of drug-likeness (QED) is 0.105. The molecule has 14 atom stereocenters. The van der Waals surface area contributed by atoms with Crippen molar-refractivity contribution in [2.45, 2.75) is 177 Å². The van der Waals surface area contributed by atoms with E-state index in [1.54, 1.807) is 13.2 Å². The van der Waals surface area contributed by atoms with E-state index in [2.05, 4.69) is 51.9 Å². The summed E-state index contributed by atoms with van der Waals surface area (Å²) in [5.41, 5.74) is -0.155. The van der Waals surface area contributed by atoms with Crippen LogP contribution in [0.2, 0.25) is 0 Å². The number of methoxy groups -OCH3 is 1. The lowest BCUT2D eigenvalue weighted by atomic mass is 9.33. The molecule has 0 N–H and O–H groups in total. The highest BCUT2D eigenvalue weighted by atomic mass is 16.7. The second kappa shape index (κ2) is 20.6. The van der Waals surface area contributed by atoms with Crippen LogP contribution in [-0.4, -0.2) is 101 Å². The van der Waals surface area contributed by atoms with Crippen LogP contribution in [0.1, 0.15) is 151 Å². The summed E-state index contributed by atoms with van der Waals surface area (Å²) >= 11 is 0. The van der Waals surface area contributed by atoms with Gasteiger partial charge in [0.25, 0.3) is 0 Å². The van der Waals surface area contributed by atoms with E-state index in [9.17, 15) is 28.8 Å². The Bertz CT molecular complexity index is 2640. The summed E-state index contributed by atoms with van der Waals surface area (Å²) in [6, 6.07) is 7.47. The van der Waals surface area contributed by atoms with E-state index in [0.717, 1.165) is 76.2 Å². The van der Waals surface area contributed by atoms with Crippen LogP contribution >= 0.6 is 0 Å². The lowest BCUT2D eigenvalue weighted by Crippen LogP contribution is -2.66. The van der Waals surface area contributed by atoms with Gasteiger partial charge < -0.3 is 37.9 Å². The van der Waals surface area contributed by atoms with E-state index in [0.29, 0.717) is 19.3 Å². The molecule has 5 fully saturated rings. The summed E-state index contributed by atoms with van der Waals surface area (Å²) in [5, 5.41) is 8.44. The van der Waals surface area contributed by atoms with E-state index in [1.165, 1.54) is 23.9 Å². The molecule has 0 radical (unpaired) electrons. The molecule has 6 aliphatic rings. The monoisotopic (exact) mass is 1040 g/mol. The van der Waals surface area contributed by atoms with Gasteiger partial charge in [-0.3, -0.25) is 28.8 Å². The Kier molecular flexibility index (Phi) is 15.2. The number of aromatic nitrogens is 3. The van der Waals surface area contributed by atoms with E-state index < -0.39 is 72.5 Å². The average Bonchev–Trinajstić information content (AvgIpc) is 3.84. The van der Waals surface area contributed by atoms with Crippen molar-refractivity contribution in [3.05, 3.63) is 59.4 Å². The zero-order chi connectivity index (χ0) is 54.6. The topological polar surface area (TPSA) is 224 Å². The molecule has 1 aromatic heterocycles. The van der Waals surface area contributed by atoms with Crippen LogP contribution in [0.15, 0.2) is 48.2 Å². The zero-order valence-corrected chi connectivity index (χ0v) is 45.6. The second-order valence-electron chi connectivity index (χ2n) is 24.0. The standard InChI is InChI=1S/C57H75N3O15/c1-32(61)69-31-42-46(71-33(2)62)47(72-34(3)63)48(73-35(4)64)50(74-42)60-29-37(58-59-60)30-70-51(67)54(8)24-23-53(7)25-26-56(10)39(40(53)28-54)27-41(65)49-55(9)21-20-44(52(5,6)43(55)19-22-57(49,56)11)75-45(66)18-15-36-13-16-38(68-12)17-14-36/h13-18,27,29,40,42-44,46-50H,19-26,28,30-31H2,1-12H3/b18-15+/t40-,42?,43?,44+,46+,47?,48+,49-,50-,53-,54+,55+,56-,57-/m1/s1. The fourth-order valence-electron chi connectivity index (χ4n) is 14.8. The Hall–Kier alpha value is -5.91. The van der Waals surface area contributed by atoms with Gasteiger partial charge in [0.2, 0.25) is 0 Å². The third-order valence-electron chi connectivity index (χ3n) is 18.9. The first-order valence-corrected chi connectivity index (χ1v) is 26.3. The van der Waals surface area contributed by atoms with Crippen LogP contribution < -0.4 is 4.74 Å². The molecule has 3 unspecified atom stereocenters. The lowest BCUT2D eigenvalue weighted by molar-refractivity contribution is -0.270. The molecule has 0 amide bonds. The number of carbonyl (C=O) groups excluding carboxylic acids is 7. The second-order valence-corrected chi connectivity index (χ2v) is 24.0. The van der Waals surface area contributed by atoms with Crippen LogP contribution in [0, 0.1) is 50.2 Å². The van der Waals surface area contributed by atoms with Gasteiger partial charge in [0.15, 0.2) is 30.3 Å². The van der Waals surface area contributed by atoms with Crippen LogP contribution in [0.3, 0.4) is 0 Å². The predicted octanol–water partition coefficient (Wildman–Crippen LogP) is 8.19. The largest absolute Gasteiger partial charge is 0.497 e. The number of ketones is 1. The van der Waals surface area contributed by atoms with Gasteiger partial charge in [-0.1, -0.05) is 64.5 Å². The number of nitrogens with zero attached hydrogens (tertiary/aromatic N) is 3. The maximum atomic E-state index is 15.2. The Morgan fingerprint density at radius 2 is 1.41 bits per heavy atom. The Labute approximate surface area is 439 Å². The van der Waals surface area contributed by atoms with Crippen LogP contribution in [0.5, 0.6) is 5.75 Å². The molecular weight excluding hydrogens is 967 g/mol. The molecule has 1 aliphatic heterocycles. The minimum Gasteiger partial charge on any atom is -0.497 e. The number of hydrogen-bond acceptors (Lipinski definition) is 17. The summed E-state index contributed by atoms with van der Waals surface area (Å²) in [6.07, 6.45) is 6.58. The Balaban J connectivity index is 0.981. The number of ether oxygens (including phenoxy) is 8. The molecule has 18 heteroatoms. The van der Waals surface area contributed by atoms with Crippen LogP contribution in [0.4, 0.5) is 0 Å². The molecule has 0 bridgehead atoms. The van der Waals surface area contributed by atoms with Crippen molar-refractivity contribution >= 4 is 47.7 Å². The van der Waals surface area contributed by atoms with Crippen LogP contribution in [0.25, 0.3) is 6.08 Å². The van der Waals surface area contributed by atoms with Crippen molar-refractivity contribution in [3.8, 4) is 5.75 Å². The highest BCUT2D eigenvalue weighted by molar-refractivity contribution is 5.96. The molecule has 2 heterocycles. The molecule has 2 aromatic rings. The zero-order valence-electron chi connectivity index (χ0n) is 45.6. The van der Waals surface area contributed by atoms with Crippen molar-refractivity contribution < 1.29 is 71.5 Å². The summed E-state index contributed by atoms with van der Waals surface area (Å²) in [6.45, 7) is 19.6. The Morgan fingerprint density at radius 1 is 0.760 bits per heavy atom. The van der Waals surface area contributed by atoms with Gasteiger partial charge in [-0.05, 0) is 128 Å². The van der Waals surface area contributed by atoms with Gasteiger partial charge in [0.1, 0.15) is 36.9 Å². The lowest BCUT2D eigenvalue weighted by Gasteiger charge is -2.70. The summed E-state index contributed by atoms with van der Waals surface area (Å²) in [5.74, 6) is -2.98. The fraction of sp³-hybridized carbons (Fsp3) is 0.667. The molecule has 0 spiro atoms. The average molecular weight is 1040 g/mol. The van der Waals surface area contributed by atoms with Gasteiger partial charge in [-0.25, -0.2) is 9.48 Å². The molecule has 4 saturated carbocycles. The SMILES string of the molecule is COc1ccc(/C=C/C(=O)O[C@H]2CC[C@@]3(C)C(CC[C@]4(C)[C@@H]3C(=O)C=C3[C@H]5C[C@@](C)(C(=O)OCc6cn([C@@H]7OC(COC(C)=O)[C@H](OC(C)=O)C(OC(C)=O)[C@@H]7OC(C)=O)nn6)CC[C@]5(C)CC[C@]34C)C2(C)C)cc1. The van der Waals surface area contributed by atoms with E-state index in [1.807, 2.05) is 37.3 Å². The first-order valence-electron chi connectivity index (χ1n) is 26.3. The fourth-order valence-corrected chi connectivity index (χ4v) is 14.8. The summed E-state index contributed by atoms with van der Waals surface area (Å²) in [4.78, 5) is 91.9. The van der Waals surface area contributed by atoms with E-state index in [4.69, 9.17) is 37.9 Å². The first kappa shape index (κ1) is 55.3. The number of esters is 6. The predicted molar refractivity (Wildman–Crippen MR) is 268 cm³/mol. The van der Waals surface area contributed by atoms with Crippen molar-refractivity contribution in [1.29, 1.82) is 0 Å². The summed E-state index contributed by atoms with van der Waals surface area (Å²) < 4.78 is 46.9. The number of rotatable bonds is 13. The molecule has 1 saturated heterocycles. The van der Waals surface area contributed by atoms with Gasteiger partial charge in [-0.15, -0.1) is 5.10 Å². The molecule has 5 aliphatic carbocycles. The van der Waals surface area contributed by atoms with E-state index in [-0.39, 0.29) is 75.0 Å². The number of carbonyl (C=O) groups is 7. The van der Waals surface area contributed by atoms with Crippen LogP contribution in [-0.2, 0) is 73.3 Å². The molecule has 8 rings (SSSR count). The summed E-state index contributed by atoms with van der Waals surface area (Å²) in [7, 11) is 1.61. The number of benzene rings is 1. The normalized spacial score (nSPS) is 36.7. The maximum Gasteiger partial charge on any atom is 0.331 e. The molecule has 408 valence electrons. The first-order chi connectivity index (χ1) is 35.2.